The molecule has 218 valence electrons. The molecule has 1 aromatic carbocycles. The van der Waals surface area contributed by atoms with Crippen LogP contribution in [0.3, 0.4) is 0 Å². The van der Waals surface area contributed by atoms with Gasteiger partial charge in [-0.15, -0.1) is 0 Å². The monoisotopic (exact) mass is 576 g/mol. The van der Waals surface area contributed by atoms with E-state index in [2.05, 4.69) is 20.1 Å². The number of likely N-dealkylation sites (N-methyl/N-ethyl adjacent to an activating group) is 1. The van der Waals surface area contributed by atoms with Crippen molar-refractivity contribution in [2.24, 2.45) is 7.05 Å². The fourth-order valence-electron chi connectivity index (χ4n) is 6.31. The lowest BCUT2D eigenvalue weighted by atomic mass is 9.97. The summed E-state index contributed by atoms with van der Waals surface area (Å²) in [7, 11) is 8.85. The number of hydrogen-bond donors (Lipinski definition) is 2. The molecule has 1 aliphatic heterocycles. The minimum absolute atomic E-state index is 0.0120. The predicted octanol–water partition coefficient (Wildman–Crippen LogP) is 3.35. The minimum Gasteiger partial charge on any atom is -0.477 e. The van der Waals surface area contributed by atoms with Crippen molar-refractivity contribution in [3.8, 4) is 22.3 Å². The Labute approximate surface area is 240 Å². The van der Waals surface area contributed by atoms with E-state index in [0.29, 0.717) is 64.5 Å². The number of hydrogen-bond acceptors (Lipinski definition) is 8. The van der Waals surface area contributed by atoms with E-state index in [1.165, 1.54) is 10.8 Å². The Hall–Kier alpha value is -4.42. The Morgan fingerprint density at radius 2 is 1.93 bits per heavy atom. The van der Waals surface area contributed by atoms with Gasteiger partial charge in [-0.05, 0) is 25.7 Å². The minimum atomic E-state index is -1.34. The first-order valence-electron chi connectivity index (χ1n) is 13.4. The van der Waals surface area contributed by atoms with E-state index in [4.69, 9.17) is 9.72 Å². The van der Waals surface area contributed by atoms with Crippen molar-refractivity contribution in [3.05, 3.63) is 69.4 Å². The van der Waals surface area contributed by atoms with Crippen molar-refractivity contribution >= 4 is 28.4 Å². The van der Waals surface area contributed by atoms with Crippen LogP contribution in [-0.2, 0) is 18.2 Å². The zero-order chi connectivity index (χ0) is 30.0. The second kappa shape index (κ2) is 10.1. The third kappa shape index (κ3) is 4.12. The zero-order valence-electron chi connectivity index (χ0n) is 23.8. The van der Waals surface area contributed by atoms with E-state index in [9.17, 15) is 19.1 Å². The third-order valence-corrected chi connectivity index (χ3v) is 8.39. The maximum Gasteiger partial charge on any atom is 0.341 e. The van der Waals surface area contributed by atoms with Crippen LogP contribution in [0.25, 0.3) is 33.3 Å². The van der Waals surface area contributed by atoms with E-state index in [1.54, 1.807) is 39.7 Å². The Balaban J connectivity index is 1.65. The van der Waals surface area contributed by atoms with Gasteiger partial charge in [-0.3, -0.25) is 9.78 Å². The second-order valence-electron chi connectivity index (χ2n) is 10.9. The molecule has 3 aromatic heterocycles. The van der Waals surface area contributed by atoms with E-state index < -0.39 is 23.0 Å². The van der Waals surface area contributed by atoms with Gasteiger partial charge in [0.25, 0.3) is 0 Å². The van der Waals surface area contributed by atoms with Crippen molar-refractivity contribution in [1.82, 2.24) is 19.4 Å². The van der Waals surface area contributed by atoms with Crippen LogP contribution in [0.4, 0.5) is 20.2 Å². The highest BCUT2D eigenvalue weighted by Crippen LogP contribution is 2.50. The number of anilines is 2. The molecule has 2 atom stereocenters. The molecule has 0 unspecified atom stereocenters. The van der Waals surface area contributed by atoms with Crippen LogP contribution < -0.4 is 15.6 Å². The van der Waals surface area contributed by atoms with Crippen LogP contribution in [0.15, 0.2) is 35.5 Å². The number of fused-ring (bicyclic) bond motifs is 4. The zero-order valence-corrected chi connectivity index (χ0v) is 23.8. The van der Waals surface area contributed by atoms with E-state index in [1.807, 2.05) is 14.1 Å². The molecular weight excluding hydrogens is 546 g/mol. The van der Waals surface area contributed by atoms with Crippen molar-refractivity contribution < 1.29 is 23.4 Å². The molecule has 12 heteroatoms. The number of nitrogens with one attached hydrogen (secondary N) is 1. The van der Waals surface area contributed by atoms with Gasteiger partial charge >= 0.3 is 5.97 Å². The summed E-state index contributed by atoms with van der Waals surface area (Å²) in [5.41, 5.74) is 3.29. The number of aryl methyl sites for hydroxylation is 1. The molecule has 0 radical (unpaired) electrons. The smallest absolute Gasteiger partial charge is 0.341 e. The number of carboxylic acid groups (broad SMARTS) is 1. The van der Waals surface area contributed by atoms with Crippen LogP contribution >= 0.6 is 0 Å². The first-order chi connectivity index (χ1) is 20.0. The van der Waals surface area contributed by atoms with Crippen LogP contribution in [0.5, 0.6) is 0 Å². The van der Waals surface area contributed by atoms with Crippen molar-refractivity contribution in [3.63, 3.8) is 0 Å². The normalized spacial score (nSPS) is 17.7. The Bertz CT molecular complexity index is 1840. The molecular formula is C30H30F2N6O4. The van der Waals surface area contributed by atoms with Gasteiger partial charge in [0.15, 0.2) is 11.6 Å². The van der Waals surface area contributed by atoms with E-state index in [0.717, 1.165) is 6.07 Å². The quantitative estimate of drug-likeness (QED) is 0.314. The fourth-order valence-corrected chi connectivity index (χ4v) is 6.31. The molecule has 4 heterocycles. The molecule has 2 N–H and O–H groups in total. The summed E-state index contributed by atoms with van der Waals surface area (Å²) in [5, 5.41) is 12.7. The molecule has 0 saturated carbocycles. The Kier molecular flexibility index (Phi) is 6.70. The lowest BCUT2D eigenvalue weighted by Crippen LogP contribution is -2.39. The maximum atomic E-state index is 15.7. The Morgan fingerprint density at radius 1 is 1.17 bits per heavy atom. The number of methoxy groups -OCH3 is 1. The number of carboxylic acids is 1. The van der Waals surface area contributed by atoms with Gasteiger partial charge in [0.1, 0.15) is 11.2 Å². The van der Waals surface area contributed by atoms with E-state index >= 15 is 4.39 Å². The molecule has 0 spiro atoms. The predicted molar refractivity (Wildman–Crippen MR) is 155 cm³/mol. The second-order valence-corrected chi connectivity index (χ2v) is 10.9. The summed E-state index contributed by atoms with van der Waals surface area (Å²) >= 11 is 0. The molecule has 1 aliphatic carbocycles. The van der Waals surface area contributed by atoms with Crippen molar-refractivity contribution in [2.75, 3.05) is 51.6 Å². The number of aromatic carboxylic acids is 1. The topological polar surface area (TPSA) is 113 Å². The van der Waals surface area contributed by atoms with Crippen LogP contribution in [0, 0.1) is 11.6 Å². The van der Waals surface area contributed by atoms with Crippen LogP contribution in [0.1, 0.15) is 21.6 Å². The number of aromatic nitrogens is 3. The summed E-state index contributed by atoms with van der Waals surface area (Å²) in [6.45, 7) is 1.01. The maximum absolute atomic E-state index is 15.7. The standard InChI is InChI=1S/C30H30F2N6O4/c1-33-20-8-19(31)26(32)24-15(20)7-21-25(24)27(38-12-22(36(2)3)23(13-38)42-5)17(10-34-21)14-6-16-28(39)18(30(40)41)11-37(4)29(16)35-9-14/h6,8-11,22-23,33H,7,12-13H2,1-5H3,(H,40,41)/t22-,23-/m0/s1. The van der Waals surface area contributed by atoms with Crippen molar-refractivity contribution in [2.45, 2.75) is 18.6 Å². The largest absolute Gasteiger partial charge is 0.477 e. The molecule has 0 amide bonds. The summed E-state index contributed by atoms with van der Waals surface area (Å²) in [6.07, 6.45) is 4.63. The molecule has 1 saturated heterocycles. The number of benzene rings is 1. The fraction of sp³-hybridized carbons (Fsp3) is 0.333. The van der Waals surface area contributed by atoms with Gasteiger partial charge in [0, 0.05) is 93.3 Å². The molecule has 0 bridgehead atoms. The van der Waals surface area contributed by atoms with Gasteiger partial charge in [-0.25, -0.2) is 18.6 Å². The molecule has 6 rings (SSSR count). The number of rotatable bonds is 6. The number of pyridine rings is 3. The molecule has 4 aromatic rings. The molecule has 10 nitrogen and oxygen atoms in total. The first kappa shape index (κ1) is 27.7. The van der Waals surface area contributed by atoms with Gasteiger partial charge < -0.3 is 29.5 Å². The number of nitrogens with zero attached hydrogens (tertiary/aromatic N) is 5. The SMILES string of the molecule is CNc1cc(F)c(F)c2c1Cc1ncc(-c3cnc4c(c3)c(=O)c(C(=O)O)cn4C)c(N3C[C@H](OC)[C@@H](N(C)C)C3)c1-2. The van der Waals surface area contributed by atoms with Gasteiger partial charge in [-0.1, -0.05) is 0 Å². The average molecular weight is 577 g/mol. The van der Waals surface area contributed by atoms with Crippen LogP contribution in [-0.4, -0.2) is 84.0 Å². The molecule has 42 heavy (non-hydrogen) atoms. The average Bonchev–Trinajstić information content (AvgIpc) is 3.58. The number of halogens is 2. The highest BCUT2D eigenvalue weighted by atomic mass is 19.2. The van der Waals surface area contributed by atoms with Crippen molar-refractivity contribution in [1.29, 1.82) is 0 Å². The highest BCUT2D eigenvalue weighted by molar-refractivity contribution is 5.98. The lowest BCUT2D eigenvalue weighted by molar-refractivity contribution is 0.0639. The van der Waals surface area contributed by atoms with Gasteiger partial charge in [-0.2, -0.15) is 0 Å². The summed E-state index contributed by atoms with van der Waals surface area (Å²) in [4.78, 5) is 38.3. The lowest BCUT2D eigenvalue weighted by Gasteiger charge is -2.26. The third-order valence-electron chi connectivity index (χ3n) is 8.39. The summed E-state index contributed by atoms with van der Waals surface area (Å²) in [5.74, 6) is -3.26. The van der Waals surface area contributed by atoms with Gasteiger partial charge in [0.2, 0.25) is 5.43 Å². The molecule has 2 aliphatic rings. The highest BCUT2D eigenvalue weighted by Gasteiger charge is 2.40. The number of ether oxygens (including phenoxy) is 1. The molecule has 1 fully saturated rings. The Morgan fingerprint density at radius 3 is 2.57 bits per heavy atom. The van der Waals surface area contributed by atoms with E-state index in [-0.39, 0.29) is 28.7 Å². The first-order valence-corrected chi connectivity index (χ1v) is 13.4. The number of carbonyl (C=O) groups is 1. The summed E-state index contributed by atoms with van der Waals surface area (Å²) < 4.78 is 37.9. The van der Waals surface area contributed by atoms with Crippen LogP contribution in [0.2, 0.25) is 0 Å². The van der Waals surface area contributed by atoms with Gasteiger partial charge in [0.05, 0.1) is 28.9 Å². The summed E-state index contributed by atoms with van der Waals surface area (Å²) in [6, 6.07) is 2.76.